The van der Waals surface area contributed by atoms with Gasteiger partial charge in [0.1, 0.15) is 0 Å². The number of nitrogens with zero attached hydrogens (tertiary/aromatic N) is 2. The number of aliphatic hydroxyl groups is 1. The highest BCUT2D eigenvalue weighted by Gasteiger charge is 2.15. The Hall–Kier alpha value is -1.81. The van der Waals surface area contributed by atoms with E-state index in [4.69, 9.17) is 0 Å². The van der Waals surface area contributed by atoms with Crippen LogP contribution in [0.3, 0.4) is 0 Å². The maximum Gasteiger partial charge on any atom is 0.0949 e. The maximum atomic E-state index is 9.25. The molecule has 2 rings (SSSR count). The van der Waals surface area contributed by atoms with Crippen molar-refractivity contribution in [3.05, 3.63) is 48.5 Å². The SMILES string of the molecule is CC(C)(CO)CNc1cccc(Cn2ccnc2)c1. The molecule has 4 heteroatoms. The Labute approximate surface area is 114 Å². The molecule has 0 saturated heterocycles. The van der Waals surface area contributed by atoms with Gasteiger partial charge in [-0.2, -0.15) is 0 Å². The van der Waals surface area contributed by atoms with Crippen LogP contribution in [-0.4, -0.2) is 27.8 Å². The number of aliphatic hydroxyl groups excluding tert-OH is 1. The molecule has 2 aromatic rings. The summed E-state index contributed by atoms with van der Waals surface area (Å²) >= 11 is 0. The average Bonchev–Trinajstić information content (AvgIpc) is 2.90. The minimum absolute atomic E-state index is 0.111. The largest absolute Gasteiger partial charge is 0.396 e. The molecule has 0 atom stereocenters. The van der Waals surface area contributed by atoms with E-state index in [-0.39, 0.29) is 12.0 Å². The molecule has 0 bridgehead atoms. The number of nitrogens with one attached hydrogen (secondary N) is 1. The van der Waals surface area contributed by atoms with E-state index >= 15 is 0 Å². The third kappa shape index (κ3) is 4.10. The van der Waals surface area contributed by atoms with Crippen LogP contribution in [0.2, 0.25) is 0 Å². The molecule has 0 unspecified atom stereocenters. The summed E-state index contributed by atoms with van der Waals surface area (Å²) in [5.74, 6) is 0. The quantitative estimate of drug-likeness (QED) is 0.837. The molecular formula is C15H21N3O. The first-order valence-electron chi connectivity index (χ1n) is 6.48. The molecule has 0 aliphatic heterocycles. The smallest absolute Gasteiger partial charge is 0.0949 e. The fourth-order valence-electron chi connectivity index (χ4n) is 1.77. The number of hydrogen-bond donors (Lipinski definition) is 2. The van der Waals surface area contributed by atoms with Crippen LogP contribution in [0.25, 0.3) is 0 Å². The normalized spacial score (nSPS) is 11.5. The van der Waals surface area contributed by atoms with Crippen LogP contribution >= 0.6 is 0 Å². The van der Waals surface area contributed by atoms with Crippen molar-refractivity contribution < 1.29 is 5.11 Å². The summed E-state index contributed by atoms with van der Waals surface area (Å²) in [6.07, 6.45) is 5.55. The molecule has 0 aliphatic carbocycles. The van der Waals surface area contributed by atoms with E-state index in [2.05, 4.69) is 22.4 Å². The molecule has 0 amide bonds. The fraction of sp³-hybridized carbons (Fsp3) is 0.400. The molecule has 0 radical (unpaired) electrons. The Morgan fingerprint density at radius 1 is 1.37 bits per heavy atom. The van der Waals surface area contributed by atoms with E-state index in [9.17, 15) is 5.11 Å². The number of imidazole rings is 1. The van der Waals surface area contributed by atoms with Crippen LogP contribution in [0.4, 0.5) is 5.69 Å². The highest BCUT2D eigenvalue weighted by Crippen LogP contribution is 2.17. The van der Waals surface area contributed by atoms with E-state index < -0.39 is 0 Å². The predicted octanol–water partition coefficient (Wildman–Crippen LogP) is 2.36. The van der Waals surface area contributed by atoms with E-state index in [1.165, 1.54) is 5.56 Å². The van der Waals surface area contributed by atoms with Gasteiger partial charge in [-0.25, -0.2) is 4.98 Å². The summed E-state index contributed by atoms with van der Waals surface area (Å²) in [6.45, 7) is 5.82. The lowest BCUT2D eigenvalue weighted by Gasteiger charge is -2.22. The number of anilines is 1. The first kappa shape index (κ1) is 13.6. The van der Waals surface area contributed by atoms with E-state index in [1.54, 1.807) is 6.20 Å². The first-order chi connectivity index (χ1) is 9.09. The lowest BCUT2D eigenvalue weighted by Crippen LogP contribution is -2.26. The van der Waals surface area contributed by atoms with Gasteiger partial charge >= 0.3 is 0 Å². The van der Waals surface area contributed by atoms with Gasteiger partial charge in [-0.1, -0.05) is 26.0 Å². The lowest BCUT2D eigenvalue weighted by molar-refractivity contribution is 0.171. The van der Waals surface area contributed by atoms with Crippen LogP contribution in [0.5, 0.6) is 0 Å². The Morgan fingerprint density at radius 3 is 2.89 bits per heavy atom. The zero-order chi connectivity index (χ0) is 13.7. The number of benzene rings is 1. The fourth-order valence-corrected chi connectivity index (χ4v) is 1.77. The standard InChI is InChI=1S/C15H21N3O/c1-15(2,11-19)10-17-14-5-3-4-13(8-14)9-18-7-6-16-12-18/h3-8,12,17,19H,9-11H2,1-2H3. The summed E-state index contributed by atoms with van der Waals surface area (Å²) in [4.78, 5) is 4.04. The van der Waals surface area contributed by atoms with Crippen LogP contribution in [0.1, 0.15) is 19.4 Å². The van der Waals surface area contributed by atoms with Gasteiger partial charge in [0.15, 0.2) is 0 Å². The van der Waals surface area contributed by atoms with Gasteiger partial charge in [0, 0.05) is 43.2 Å². The van der Waals surface area contributed by atoms with E-state index in [1.807, 2.05) is 43.1 Å². The molecule has 2 N–H and O–H groups in total. The van der Waals surface area contributed by atoms with Crippen LogP contribution in [-0.2, 0) is 6.54 Å². The second-order valence-electron chi connectivity index (χ2n) is 5.61. The van der Waals surface area contributed by atoms with Crippen molar-refractivity contribution in [2.75, 3.05) is 18.5 Å². The monoisotopic (exact) mass is 259 g/mol. The zero-order valence-electron chi connectivity index (χ0n) is 11.5. The van der Waals surface area contributed by atoms with Crippen molar-refractivity contribution in [3.8, 4) is 0 Å². The second kappa shape index (κ2) is 5.89. The summed E-state index contributed by atoms with van der Waals surface area (Å²) in [6, 6.07) is 8.32. The van der Waals surface area contributed by atoms with Gasteiger partial charge in [0.05, 0.1) is 6.33 Å². The number of hydrogen-bond acceptors (Lipinski definition) is 3. The number of rotatable bonds is 6. The summed E-state index contributed by atoms with van der Waals surface area (Å²) in [5, 5.41) is 12.6. The van der Waals surface area contributed by atoms with E-state index in [0.717, 1.165) is 18.8 Å². The van der Waals surface area contributed by atoms with Crippen molar-refractivity contribution in [2.24, 2.45) is 5.41 Å². The Balaban J connectivity index is 1.99. The van der Waals surface area contributed by atoms with Gasteiger partial charge in [-0.05, 0) is 17.7 Å². The highest BCUT2D eigenvalue weighted by atomic mass is 16.3. The van der Waals surface area contributed by atoms with Crippen LogP contribution in [0.15, 0.2) is 43.0 Å². The van der Waals surface area contributed by atoms with Crippen LogP contribution < -0.4 is 5.32 Å². The Kier molecular flexibility index (Phi) is 4.22. The topological polar surface area (TPSA) is 50.1 Å². The molecule has 4 nitrogen and oxygen atoms in total. The minimum atomic E-state index is -0.111. The predicted molar refractivity (Wildman–Crippen MR) is 77.1 cm³/mol. The van der Waals surface area contributed by atoms with Crippen molar-refractivity contribution in [2.45, 2.75) is 20.4 Å². The molecule has 0 saturated carbocycles. The summed E-state index contributed by atoms with van der Waals surface area (Å²) in [7, 11) is 0. The second-order valence-corrected chi connectivity index (χ2v) is 5.61. The lowest BCUT2D eigenvalue weighted by atomic mass is 9.95. The van der Waals surface area contributed by atoms with Gasteiger partial charge in [0.25, 0.3) is 0 Å². The third-order valence-electron chi connectivity index (χ3n) is 3.05. The molecule has 1 aromatic heterocycles. The van der Waals surface area contributed by atoms with Crippen molar-refractivity contribution >= 4 is 5.69 Å². The number of aromatic nitrogens is 2. The first-order valence-corrected chi connectivity index (χ1v) is 6.48. The molecule has 0 fully saturated rings. The highest BCUT2D eigenvalue weighted by molar-refractivity contribution is 5.46. The Morgan fingerprint density at radius 2 is 2.21 bits per heavy atom. The zero-order valence-corrected chi connectivity index (χ0v) is 11.5. The van der Waals surface area contributed by atoms with Gasteiger partial charge < -0.3 is 15.0 Å². The third-order valence-corrected chi connectivity index (χ3v) is 3.05. The van der Waals surface area contributed by atoms with Gasteiger partial charge in [-0.15, -0.1) is 0 Å². The maximum absolute atomic E-state index is 9.25. The Bertz CT molecular complexity index is 506. The average molecular weight is 259 g/mol. The van der Waals surface area contributed by atoms with Crippen molar-refractivity contribution in [1.82, 2.24) is 9.55 Å². The molecule has 102 valence electrons. The molecule has 19 heavy (non-hydrogen) atoms. The molecule has 1 aromatic carbocycles. The summed E-state index contributed by atoms with van der Waals surface area (Å²) < 4.78 is 2.04. The molecular weight excluding hydrogens is 238 g/mol. The van der Waals surface area contributed by atoms with Crippen LogP contribution in [0, 0.1) is 5.41 Å². The van der Waals surface area contributed by atoms with Crippen molar-refractivity contribution in [3.63, 3.8) is 0 Å². The van der Waals surface area contributed by atoms with Gasteiger partial charge in [0.2, 0.25) is 0 Å². The molecule has 1 heterocycles. The minimum Gasteiger partial charge on any atom is -0.396 e. The van der Waals surface area contributed by atoms with Crippen molar-refractivity contribution in [1.29, 1.82) is 0 Å². The molecule has 0 spiro atoms. The summed E-state index contributed by atoms with van der Waals surface area (Å²) in [5.41, 5.74) is 2.20. The van der Waals surface area contributed by atoms with Gasteiger partial charge in [-0.3, -0.25) is 0 Å². The van der Waals surface area contributed by atoms with E-state index in [0.29, 0.717) is 0 Å². The molecule has 0 aliphatic rings.